The summed E-state index contributed by atoms with van der Waals surface area (Å²) in [6.07, 6.45) is 1.52. The van der Waals surface area contributed by atoms with Gasteiger partial charge in [0.15, 0.2) is 0 Å². The first-order valence-corrected chi connectivity index (χ1v) is 7.83. The molecular formula is C17H13Cl2NO3. The Balaban J connectivity index is 1.86. The van der Waals surface area contributed by atoms with Crippen LogP contribution >= 0.6 is 23.2 Å². The summed E-state index contributed by atoms with van der Waals surface area (Å²) in [7, 11) is 0. The van der Waals surface area contributed by atoms with Gasteiger partial charge in [-0.3, -0.25) is 4.79 Å². The fraction of sp³-hybridized carbons (Fsp3) is 0.176. The van der Waals surface area contributed by atoms with Crippen molar-refractivity contribution in [1.29, 1.82) is 0 Å². The maximum absolute atomic E-state index is 12.4. The first-order valence-electron chi connectivity index (χ1n) is 7.08. The maximum Gasteiger partial charge on any atom is 0.335 e. The minimum atomic E-state index is -0.984. The third-order valence-electron chi connectivity index (χ3n) is 3.95. The SMILES string of the molecule is O=C(O)c1ccc2c(c1)[C@H](NC(=O)c1cc(Cl)ccc1Cl)CC2. The van der Waals surface area contributed by atoms with E-state index in [-0.39, 0.29) is 17.5 Å². The molecule has 118 valence electrons. The number of amides is 1. The Morgan fingerprint density at radius 3 is 2.65 bits per heavy atom. The van der Waals surface area contributed by atoms with E-state index in [4.69, 9.17) is 28.3 Å². The lowest BCUT2D eigenvalue weighted by Gasteiger charge is -2.15. The van der Waals surface area contributed by atoms with Crippen LogP contribution in [0.25, 0.3) is 0 Å². The lowest BCUT2D eigenvalue weighted by molar-refractivity contribution is 0.0696. The molecule has 1 aliphatic carbocycles. The topological polar surface area (TPSA) is 66.4 Å². The van der Waals surface area contributed by atoms with E-state index < -0.39 is 5.97 Å². The highest BCUT2D eigenvalue weighted by Crippen LogP contribution is 2.32. The fourth-order valence-corrected chi connectivity index (χ4v) is 3.17. The Bertz CT molecular complexity index is 804. The molecule has 0 spiro atoms. The smallest absolute Gasteiger partial charge is 0.335 e. The number of rotatable bonds is 3. The number of fused-ring (bicyclic) bond motifs is 1. The van der Waals surface area contributed by atoms with Gasteiger partial charge in [-0.2, -0.15) is 0 Å². The highest BCUT2D eigenvalue weighted by atomic mass is 35.5. The fourth-order valence-electron chi connectivity index (χ4n) is 2.79. The first kappa shape index (κ1) is 15.8. The Morgan fingerprint density at radius 1 is 1.13 bits per heavy atom. The van der Waals surface area contributed by atoms with Crippen molar-refractivity contribution >= 4 is 35.1 Å². The van der Waals surface area contributed by atoms with Crippen molar-refractivity contribution < 1.29 is 14.7 Å². The second-order valence-electron chi connectivity index (χ2n) is 5.41. The molecule has 2 aromatic rings. The monoisotopic (exact) mass is 349 g/mol. The van der Waals surface area contributed by atoms with Crippen molar-refractivity contribution in [2.24, 2.45) is 0 Å². The standard InChI is InChI=1S/C17H13Cl2NO3/c18-11-4-5-14(19)13(8-11)16(21)20-15-6-3-9-1-2-10(17(22)23)7-12(9)15/h1-2,4-5,7-8,15H,3,6H2,(H,20,21)(H,22,23)/t15-/m1/s1. The number of carbonyl (C=O) groups excluding carboxylic acids is 1. The summed E-state index contributed by atoms with van der Waals surface area (Å²) in [6, 6.07) is 9.48. The largest absolute Gasteiger partial charge is 0.478 e. The van der Waals surface area contributed by atoms with E-state index in [2.05, 4.69) is 5.32 Å². The number of aryl methyl sites for hydroxylation is 1. The van der Waals surface area contributed by atoms with E-state index in [1.54, 1.807) is 30.3 Å². The maximum atomic E-state index is 12.4. The summed E-state index contributed by atoms with van der Waals surface area (Å²) in [6.45, 7) is 0. The molecule has 0 saturated carbocycles. The zero-order valence-corrected chi connectivity index (χ0v) is 13.5. The lowest BCUT2D eigenvalue weighted by Crippen LogP contribution is -2.27. The van der Waals surface area contributed by atoms with Gasteiger partial charge in [-0.05, 0) is 54.3 Å². The zero-order valence-electron chi connectivity index (χ0n) is 12.0. The van der Waals surface area contributed by atoms with Crippen LogP contribution in [0.15, 0.2) is 36.4 Å². The molecule has 0 fully saturated rings. The first-order chi connectivity index (χ1) is 11.0. The second kappa shape index (κ2) is 6.22. The van der Waals surface area contributed by atoms with Crippen LogP contribution in [0.1, 0.15) is 44.3 Å². The molecule has 0 radical (unpaired) electrons. The average Bonchev–Trinajstić information content (AvgIpc) is 2.92. The predicted octanol–water partition coefficient (Wildman–Crippen LogP) is 4.11. The van der Waals surface area contributed by atoms with Gasteiger partial charge in [-0.15, -0.1) is 0 Å². The quantitative estimate of drug-likeness (QED) is 0.876. The highest BCUT2D eigenvalue weighted by molar-refractivity contribution is 6.35. The van der Waals surface area contributed by atoms with Gasteiger partial charge < -0.3 is 10.4 Å². The number of hydrogen-bond donors (Lipinski definition) is 2. The number of halogens is 2. The summed E-state index contributed by atoms with van der Waals surface area (Å²) in [5, 5.41) is 12.8. The van der Waals surface area contributed by atoms with Gasteiger partial charge in [-0.25, -0.2) is 4.79 Å². The molecular weight excluding hydrogens is 337 g/mol. The molecule has 4 nitrogen and oxygen atoms in total. The lowest BCUT2D eigenvalue weighted by atomic mass is 10.0. The number of benzene rings is 2. The van der Waals surface area contributed by atoms with Crippen molar-refractivity contribution in [1.82, 2.24) is 5.32 Å². The summed E-state index contributed by atoms with van der Waals surface area (Å²) in [5.74, 6) is -1.31. The van der Waals surface area contributed by atoms with Crippen LogP contribution in [0, 0.1) is 0 Å². The molecule has 0 heterocycles. The number of carboxylic acid groups (broad SMARTS) is 1. The number of carbonyl (C=O) groups is 2. The van der Waals surface area contributed by atoms with Gasteiger partial charge in [0, 0.05) is 5.02 Å². The van der Waals surface area contributed by atoms with Crippen molar-refractivity contribution in [3.63, 3.8) is 0 Å². The van der Waals surface area contributed by atoms with E-state index in [1.165, 1.54) is 6.07 Å². The van der Waals surface area contributed by atoms with Crippen molar-refractivity contribution in [3.8, 4) is 0 Å². The molecule has 0 bridgehead atoms. The van der Waals surface area contributed by atoms with Crippen LogP contribution in [0.5, 0.6) is 0 Å². The molecule has 2 aromatic carbocycles. The van der Waals surface area contributed by atoms with Crippen LogP contribution in [0.4, 0.5) is 0 Å². The third kappa shape index (κ3) is 3.19. The van der Waals surface area contributed by atoms with Crippen LogP contribution < -0.4 is 5.32 Å². The van der Waals surface area contributed by atoms with Crippen molar-refractivity contribution in [2.45, 2.75) is 18.9 Å². The van der Waals surface area contributed by atoms with Gasteiger partial charge in [0.2, 0.25) is 0 Å². The zero-order chi connectivity index (χ0) is 16.6. The summed E-state index contributed by atoms with van der Waals surface area (Å²) >= 11 is 12.0. The van der Waals surface area contributed by atoms with Crippen LogP contribution in [0.3, 0.4) is 0 Å². The van der Waals surface area contributed by atoms with Crippen molar-refractivity contribution in [2.75, 3.05) is 0 Å². The van der Waals surface area contributed by atoms with Gasteiger partial charge in [-0.1, -0.05) is 29.3 Å². The van der Waals surface area contributed by atoms with E-state index in [0.717, 1.165) is 24.0 Å². The summed E-state index contributed by atoms with van der Waals surface area (Å²) in [5.41, 5.74) is 2.42. The Hall–Kier alpha value is -2.04. The molecule has 0 aliphatic heterocycles. The van der Waals surface area contributed by atoms with E-state index in [9.17, 15) is 9.59 Å². The molecule has 1 amide bonds. The van der Waals surface area contributed by atoms with Crippen LogP contribution in [-0.4, -0.2) is 17.0 Å². The van der Waals surface area contributed by atoms with Crippen molar-refractivity contribution in [3.05, 3.63) is 68.7 Å². The highest BCUT2D eigenvalue weighted by Gasteiger charge is 2.26. The minimum Gasteiger partial charge on any atom is -0.478 e. The van der Waals surface area contributed by atoms with Crippen LogP contribution in [-0.2, 0) is 6.42 Å². The Morgan fingerprint density at radius 2 is 1.91 bits per heavy atom. The molecule has 0 saturated heterocycles. The predicted molar refractivity (Wildman–Crippen MR) is 88.4 cm³/mol. The molecule has 0 aromatic heterocycles. The molecule has 3 rings (SSSR count). The van der Waals surface area contributed by atoms with Gasteiger partial charge in [0.1, 0.15) is 0 Å². The summed E-state index contributed by atoms with van der Waals surface area (Å²) in [4.78, 5) is 23.5. The van der Waals surface area contributed by atoms with Gasteiger partial charge >= 0.3 is 5.97 Å². The number of aromatic carboxylic acids is 1. The van der Waals surface area contributed by atoms with E-state index >= 15 is 0 Å². The second-order valence-corrected chi connectivity index (χ2v) is 6.25. The number of nitrogens with one attached hydrogen (secondary N) is 1. The Kier molecular flexibility index (Phi) is 4.28. The van der Waals surface area contributed by atoms with E-state index in [0.29, 0.717) is 15.6 Å². The molecule has 6 heteroatoms. The normalized spacial score (nSPS) is 16.0. The molecule has 23 heavy (non-hydrogen) atoms. The molecule has 1 aliphatic rings. The van der Waals surface area contributed by atoms with Gasteiger partial charge in [0.25, 0.3) is 5.91 Å². The van der Waals surface area contributed by atoms with Crippen LogP contribution in [0.2, 0.25) is 10.0 Å². The minimum absolute atomic E-state index is 0.214. The Labute approximate surface area is 143 Å². The molecule has 2 N–H and O–H groups in total. The van der Waals surface area contributed by atoms with Gasteiger partial charge in [0.05, 0.1) is 22.2 Å². The van der Waals surface area contributed by atoms with E-state index in [1.807, 2.05) is 0 Å². The average molecular weight is 350 g/mol. The number of carboxylic acids is 1. The third-order valence-corrected chi connectivity index (χ3v) is 4.51. The molecule has 0 unspecified atom stereocenters. The number of hydrogen-bond acceptors (Lipinski definition) is 2. The summed E-state index contributed by atoms with van der Waals surface area (Å²) < 4.78 is 0. The molecule has 1 atom stereocenters.